The van der Waals surface area contributed by atoms with Crippen molar-refractivity contribution in [2.24, 2.45) is 0 Å². The van der Waals surface area contributed by atoms with Gasteiger partial charge in [0.2, 0.25) is 0 Å². The zero-order valence-corrected chi connectivity index (χ0v) is 9.10. The fourth-order valence-corrected chi connectivity index (χ4v) is 1.55. The van der Waals surface area contributed by atoms with Crippen molar-refractivity contribution in [1.82, 2.24) is 0 Å². The number of nitrogens with one attached hydrogen (secondary N) is 1. The zero-order chi connectivity index (χ0) is 13.1. The molecule has 0 atom stereocenters. The van der Waals surface area contributed by atoms with Gasteiger partial charge in [-0.3, -0.25) is 0 Å². The van der Waals surface area contributed by atoms with Crippen LogP contribution in [0, 0.1) is 18.3 Å². The van der Waals surface area contributed by atoms with Gasteiger partial charge in [0, 0.05) is 12.2 Å². The highest BCUT2D eigenvalue weighted by Gasteiger charge is 2.36. The van der Waals surface area contributed by atoms with Gasteiger partial charge in [-0.1, -0.05) is 0 Å². The fourth-order valence-electron chi connectivity index (χ4n) is 1.55. The number of hydrogen-bond acceptors (Lipinski definition) is 3. The van der Waals surface area contributed by atoms with Crippen molar-refractivity contribution in [1.29, 1.82) is 5.26 Å². The Labute approximate surface area is 96.5 Å². The van der Waals surface area contributed by atoms with Gasteiger partial charge in [-0.15, -0.1) is 0 Å². The summed E-state index contributed by atoms with van der Waals surface area (Å²) in [5.74, 6) is 0. The van der Waals surface area contributed by atoms with Gasteiger partial charge in [0.25, 0.3) is 0 Å². The number of halogens is 3. The number of anilines is 1. The Morgan fingerprint density at radius 1 is 1.41 bits per heavy atom. The maximum absolute atomic E-state index is 12.8. The minimum Gasteiger partial charge on any atom is -0.395 e. The average Bonchev–Trinajstić information content (AvgIpc) is 2.25. The van der Waals surface area contributed by atoms with E-state index < -0.39 is 17.3 Å². The van der Waals surface area contributed by atoms with E-state index in [2.05, 4.69) is 5.32 Å². The summed E-state index contributed by atoms with van der Waals surface area (Å²) >= 11 is 0. The van der Waals surface area contributed by atoms with Gasteiger partial charge in [0.1, 0.15) is 0 Å². The topological polar surface area (TPSA) is 56.0 Å². The molecule has 0 aliphatic carbocycles. The summed E-state index contributed by atoms with van der Waals surface area (Å²) in [6, 6.07) is 4.05. The van der Waals surface area contributed by atoms with Crippen molar-refractivity contribution in [3.8, 4) is 6.07 Å². The lowest BCUT2D eigenvalue weighted by molar-refractivity contribution is -0.138. The van der Waals surface area contributed by atoms with E-state index in [-0.39, 0.29) is 24.4 Å². The van der Waals surface area contributed by atoms with Gasteiger partial charge < -0.3 is 10.4 Å². The molecule has 17 heavy (non-hydrogen) atoms. The highest BCUT2D eigenvalue weighted by molar-refractivity contribution is 5.60. The predicted octanol–water partition coefficient (Wildman–Crippen LogP) is 2.29. The summed E-state index contributed by atoms with van der Waals surface area (Å²) in [5.41, 5.74) is -1.09. The SMILES string of the molecule is Cc1c(NCCO)ccc(C#N)c1C(F)(F)F. The lowest BCUT2D eigenvalue weighted by atomic mass is 10.0. The van der Waals surface area contributed by atoms with E-state index in [9.17, 15) is 13.2 Å². The maximum atomic E-state index is 12.8. The van der Waals surface area contributed by atoms with E-state index in [0.717, 1.165) is 6.07 Å². The number of nitrogens with zero attached hydrogens (tertiary/aromatic N) is 1. The molecule has 0 fully saturated rings. The number of hydrogen-bond donors (Lipinski definition) is 2. The number of rotatable bonds is 3. The molecule has 0 saturated heterocycles. The van der Waals surface area contributed by atoms with Crippen LogP contribution in [0.15, 0.2) is 12.1 Å². The fraction of sp³-hybridized carbons (Fsp3) is 0.364. The smallest absolute Gasteiger partial charge is 0.395 e. The van der Waals surface area contributed by atoms with Crippen LogP contribution >= 0.6 is 0 Å². The summed E-state index contributed by atoms with van der Waals surface area (Å²) in [6.07, 6.45) is -4.56. The molecule has 0 amide bonds. The standard InChI is InChI=1S/C11H11F3N2O/c1-7-9(16-4-5-17)3-2-8(6-15)10(7)11(12,13)14/h2-3,16-17H,4-5H2,1H3. The molecule has 0 unspecified atom stereocenters. The number of aliphatic hydroxyl groups is 1. The molecule has 0 spiro atoms. The summed E-state index contributed by atoms with van der Waals surface area (Å²) in [4.78, 5) is 0. The van der Waals surface area contributed by atoms with E-state index in [1.54, 1.807) is 0 Å². The molecule has 0 aliphatic rings. The second kappa shape index (κ2) is 5.06. The first-order chi connectivity index (χ1) is 7.91. The van der Waals surface area contributed by atoms with Crippen LogP contribution in [-0.2, 0) is 6.18 Å². The summed E-state index contributed by atoms with van der Waals surface area (Å²) < 4.78 is 38.3. The first-order valence-electron chi connectivity index (χ1n) is 4.87. The van der Waals surface area contributed by atoms with Crippen molar-refractivity contribution in [3.63, 3.8) is 0 Å². The third kappa shape index (κ3) is 2.88. The number of aliphatic hydroxyl groups excluding tert-OH is 1. The van der Waals surface area contributed by atoms with Gasteiger partial charge in [-0.25, -0.2) is 0 Å². The molecule has 3 nitrogen and oxygen atoms in total. The lowest BCUT2D eigenvalue weighted by Crippen LogP contribution is -2.14. The van der Waals surface area contributed by atoms with Crippen molar-refractivity contribution in [2.75, 3.05) is 18.5 Å². The van der Waals surface area contributed by atoms with E-state index >= 15 is 0 Å². The summed E-state index contributed by atoms with van der Waals surface area (Å²) in [7, 11) is 0. The molecule has 0 radical (unpaired) electrons. The van der Waals surface area contributed by atoms with E-state index in [1.807, 2.05) is 0 Å². The molecule has 2 N–H and O–H groups in total. The van der Waals surface area contributed by atoms with E-state index in [4.69, 9.17) is 10.4 Å². The second-order valence-corrected chi connectivity index (χ2v) is 3.42. The molecule has 0 bridgehead atoms. The first-order valence-corrected chi connectivity index (χ1v) is 4.87. The van der Waals surface area contributed by atoms with Gasteiger partial charge in [0.15, 0.2) is 0 Å². The third-order valence-corrected chi connectivity index (χ3v) is 2.30. The zero-order valence-electron chi connectivity index (χ0n) is 9.10. The minimum atomic E-state index is -4.56. The van der Waals surface area contributed by atoms with Crippen molar-refractivity contribution in [3.05, 3.63) is 28.8 Å². The van der Waals surface area contributed by atoms with Crippen LogP contribution in [-0.4, -0.2) is 18.3 Å². The lowest BCUT2D eigenvalue weighted by Gasteiger charge is -2.16. The number of alkyl halides is 3. The maximum Gasteiger partial charge on any atom is 0.418 e. The molecule has 92 valence electrons. The van der Waals surface area contributed by atoms with Crippen LogP contribution in [0.5, 0.6) is 0 Å². The van der Waals surface area contributed by atoms with Crippen LogP contribution < -0.4 is 5.32 Å². The predicted molar refractivity (Wildman–Crippen MR) is 56.5 cm³/mol. The van der Waals surface area contributed by atoms with Gasteiger partial charge in [0.05, 0.1) is 23.8 Å². The van der Waals surface area contributed by atoms with Gasteiger partial charge in [-0.05, 0) is 24.6 Å². The Morgan fingerprint density at radius 3 is 2.53 bits per heavy atom. The molecule has 1 aromatic rings. The quantitative estimate of drug-likeness (QED) is 0.857. The summed E-state index contributed by atoms with van der Waals surface area (Å²) in [6.45, 7) is 1.27. The van der Waals surface area contributed by atoms with Crippen molar-refractivity contribution in [2.45, 2.75) is 13.1 Å². The van der Waals surface area contributed by atoms with E-state index in [0.29, 0.717) is 0 Å². The van der Waals surface area contributed by atoms with Crippen LogP contribution in [0.1, 0.15) is 16.7 Å². The Balaban J connectivity index is 3.29. The molecule has 1 rings (SSSR count). The molecule has 0 aromatic heterocycles. The van der Waals surface area contributed by atoms with Crippen molar-refractivity contribution >= 4 is 5.69 Å². The van der Waals surface area contributed by atoms with Gasteiger partial charge >= 0.3 is 6.18 Å². The molecular weight excluding hydrogens is 233 g/mol. The van der Waals surface area contributed by atoms with Crippen LogP contribution in [0.25, 0.3) is 0 Å². The Bertz CT molecular complexity index is 449. The van der Waals surface area contributed by atoms with E-state index in [1.165, 1.54) is 19.1 Å². The highest BCUT2D eigenvalue weighted by Crippen LogP contribution is 2.37. The Hall–Kier alpha value is -1.74. The van der Waals surface area contributed by atoms with Crippen molar-refractivity contribution < 1.29 is 18.3 Å². The van der Waals surface area contributed by atoms with Crippen LogP contribution in [0.4, 0.5) is 18.9 Å². The monoisotopic (exact) mass is 244 g/mol. The number of benzene rings is 1. The molecule has 0 aliphatic heterocycles. The molecule has 0 heterocycles. The largest absolute Gasteiger partial charge is 0.418 e. The van der Waals surface area contributed by atoms with Gasteiger partial charge in [-0.2, -0.15) is 18.4 Å². The van der Waals surface area contributed by atoms with Crippen LogP contribution in [0.3, 0.4) is 0 Å². The third-order valence-electron chi connectivity index (χ3n) is 2.30. The highest BCUT2D eigenvalue weighted by atomic mass is 19.4. The first kappa shape index (κ1) is 13.3. The molecule has 6 heteroatoms. The summed E-state index contributed by atoms with van der Waals surface area (Å²) in [5, 5.41) is 19.9. The second-order valence-electron chi connectivity index (χ2n) is 3.42. The number of nitriles is 1. The average molecular weight is 244 g/mol. The molecule has 0 saturated carbocycles. The molecular formula is C11H11F3N2O. The minimum absolute atomic E-state index is 0.0370. The normalized spacial score (nSPS) is 11.1. The Kier molecular flexibility index (Phi) is 3.97. The Morgan fingerprint density at radius 2 is 2.06 bits per heavy atom. The molecule has 1 aromatic carbocycles. The van der Waals surface area contributed by atoms with Crippen LogP contribution in [0.2, 0.25) is 0 Å².